The van der Waals surface area contributed by atoms with Gasteiger partial charge in [0.25, 0.3) is 5.91 Å². The van der Waals surface area contributed by atoms with Crippen LogP contribution in [0.5, 0.6) is 0 Å². The molecule has 8 nitrogen and oxygen atoms in total. The molecule has 8 heteroatoms. The van der Waals surface area contributed by atoms with E-state index in [1.807, 2.05) is 42.5 Å². The van der Waals surface area contributed by atoms with E-state index in [9.17, 15) is 9.59 Å². The molecule has 37 heavy (non-hydrogen) atoms. The van der Waals surface area contributed by atoms with E-state index in [4.69, 9.17) is 4.98 Å². The van der Waals surface area contributed by atoms with Crippen molar-refractivity contribution in [2.24, 2.45) is 0 Å². The predicted octanol–water partition coefficient (Wildman–Crippen LogP) is 4.17. The zero-order chi connectivity index (χ0) is 25.8. The second-order valence-corrected chi connectivity index (χ2v) is 10.0. The van der Waals surface area contributed by atoms with Gasteiger partial charge in [-0.1, -0.05) is 56.7 Å². The number of aromatic amines is 1. The first-order chi connectivity index (χ1) is 18.0. The Morgan fingerprint density at radius 3 is 2.57 bits per heavy atom. The highest BCUT2D eigenvalue weighted by Gasteiger charge is 2.15. The summed E-state index contributed by atoms with van der Waals surface area (Å²) in [6.07, 6.45) is 5.46. The standard InChI is InChI=1S/C29H34N6O2/c1-20(2)23-8-4-5-9-24(23)26-31-18-25-27(33-26)35(29(37)32-25)19-21-10-12-22(13-11-21)28(36)30-14-17-34-15-6-3-7-16-34/h4-5,8-13,18,20H,3,6-7,14-17,19H2,1-2H3,(H,30,36)(H,32,37). The number of rotatable bonds is 8. The van der Waals surface area contributed by atoms with E-state index in [1.54, 1.807) is 10.8 Å². The summed E-state index contributed by atoms with van der Waals surface area (Å²) in [7, 11) is 0. The third-order valence-corrected chi connectivity index (χ3v) is 7.05. The van der Waals surface area contributed by atoms with Crippen LogP contribution < -0.4 is 11.0 Å². The Morgan fingerprint density at radius 1 is 1.05 bits per heavy atom. The van der Waals surface area contributed by atoms with Crippen LogP contribution in [0.2, 0.25) is 0 Å². The number of nitrogens with zero attached hydrogens (tertiary/aromatic N) is 4. The second kappa shape index (κ2) is 11.1. The van der Waals surface area contributed by atoms with Gasteiger partial charge >= 0.3 is 5.69 Å². The number of amides is 1. The third kappa shape index (κ3) is 5.64. The van der Waals surface area contributed by atoms with Crippen molar-refractivity contribution in [1.29, 1.82) is 0 Å². The van der Waals surface area contributed by atoms with E-state index in [2.05, 4.69) is 40.1 Å². The van der Waals surface area contributed by atoms with Crippen molar-refractivity contribution in [1.82, 2.24) is 29.7 Å². The summed E-state index contributed by atoms with van der Waals surface area (Å²) < 4.78 is 1.62. The van der Waals surface area contributed by atoms with Crippen LogP contribution >= 0.6 is 0 Å². The quantitative estimate of drug-likeness (QED) is 0.380. The SMILES string of the molecule is CC(C)c1ccccc1-c1ncc2[nH]c(=O)n(Cc3ccc(C(=O)NCCN4CCCCC4)cc3)c2n1. The molecule has 0 unspecified atom stereocenters. The fourth-order valence-electron chi connectivity index (χ4n) is 4.98. The topological polar surface area (TPSA) is 95.9 Å². The molecule has 2 aromatic heterocycles. The Bertz CT molecular complexity index is 1430. The highest BCUT2D eigenvalue weighted by atomic mass is 16.2. The number of benzene rings is 2. The van der Waals surface area contributed by atoms with Crippen LogP contribution in [0.4, 0.5) is 0 Å². The molecule has 0 spiro atoms. The van der Waals surface area contributed by atoms with Crippen LogP contribution in [0.1, 0.15) is 60.5 Å². The van der Waals surface area contributed by atoms with Gasteiger partial charge in [-0.3, -0.25) is 9.36 Å². The Kier molecular flexibility index (Phi) is 7.46. The lowest BCUT2D eigenvalue weighted by atomic mass is 9.97. The molecule has 0 radical (unpaired) electrons. The Labute approximate surface area is 216 Å². The molecule has 1 aliphatic rings. The maximum absolute atomic E-state index is 12.8. The monoisotopic (exact) mass is 498 g/mol. The van der Waals surface area contributed by atoms with Crippen LogP contribution in [0.3, 0.4) is 0 Å². The molecule has 3 heterocycles. The van der Waals surface area contributed by atoms with Crippen molar-refractivity contribution in [2.45, 2.75) is 45.6 Å². The Hall–Kier alpha value is -3.78. The van der Waals surface area contributed by atoms with Gasteiger partial charge in [0.15, 0.2) is 11.5 Å². The first-order valence-electron chi connectivity index (χ1n) is 13.1. The molecule has 1 fully saturated rings. The molecular weight excluding hydrogens is 464 g/mol. The number of piperidine rings is 1. The molecule has 192 valence electrons. The van der Waals surface area contributed by atoms with Crippen LogP contribution in [0, 0.1) is 0 Å². The molecule has 0 saturated carbocycles. The Balaban J connectivity index is 1.30. The van der Waals surface area contributed by atoms with Crippen LogP contribution in [-0.4, -0.2) is 56.5 Å². The van der Waals surface area contributed by atoms with E-state index < -0.39 is 0 Å². The summed E-state index contributed by atoms with van der Waals surface area (Å²) in [5, 5.41) is 3.02. The van der Waals surface area contributed by atoms with Crippen LogP contribution in [-0.2, 0) is 6.54 Å². The van der Waals surface area contributed by atoms with Gasteiger partial charge in [0.05, 0.1) is 12.7 Å². The zero-order valence-corrected chi connectivity index (χ0v) is 21.5. The summed E-state index contributed by atoms with van der Waals surface area (Å²) in [4.78, 5) is 39.9. The zero-order valence-electron chi connectivity index (χ0n) is 21.5. The van der Waals surface area contributed by atoms with Gasteiger partial charge in [-0.2, -0.15) is 0 Å². The van der Waals surface area contributed by atoms with E-state index in [1.165, 1.54) is 19.3 Å². The van der Waals surface area contributed by atoms with E-state index in [-0.39, 0.29) is 11.6 Å². The normalized spacial score (nSPS) is 14.4. The van der Waals surface area contributed by atoms with Gasteiger partial charge in [0.2, 0.25) is 0 Å². The van der Waals surface area contributed by atoms with Crippen molar-refractivity contribution in [2.75, 3.05) is 26.2 Å². The van der Waals surface area contributed by atoms with Crippen molar-refractivity contribution < 1.29 is 4.79 Å². The van der Waals surface area contributed by atoms with Crippen LogP contribution in [0.25, 0.3) is 22.6 Å². The largest absolute Gasteiger partial charge is 0.351 e. The van der Waals surface area contributed by atoms with Gasteiger partial charge in [0, 0.05) is 24.2 Å². The molecule has 0 atom stereocenters. The number of hydrogen-bond donors (Lipinski definition) is 2. The van der Waals surface area contributed by atoms with Crippen molar-refractivity contribution in [3.63, 3.8) is 0 Å². The summed E-state index contributed by atoms with van der Waals surface area (Å²) in [5.74, 6) is 0.847. The number of fused-ring (bicyclic) bond motifs is 1. The number of carbonyl (C=O) groups excluding carboxylic acids is 1. The minimum absolute atomic E-state index is 0.0750. The summed E-state index contributed by atoms with van der Waals surface area (Å²) in [6, 6.07) is 15.5. The van der Waals surface area contributed by atoms with E-state index in [0.29, 0.717) is 41.6 Å². The third-order valence-electron chi connectivity index (χ3n) is 7.05. The average Bonchev–Trinajstić information content (AvgIpc) is 3.23. The first kappa shape index (κ1) is 24.9. The van der Waals surface area contributed by atoms with Crippen molar-refractivity contribution in [3.8, 4) is 11.4 Å². The number of likely N-dealkylation sites (tertiary alicyclic amines) is 1. The molecule has 5 rings (SSSR count). The smallest absolute Gasteiger partial charge is 0.328 e. The molecular formula is C29H34N6O2. The molecule has 2 N–H and O–H groups in total. The summed E-state index contributed by atoms with van der Waals surface area (Å²) in [5.41, 5.74) is 4.58. The average molecular weight is 499 g/mol. The highest BCUT2D eigenvalue weighted by Crippen LogP contribution is 2.27. The number of aromatic nitrogens is 4. The first-order valence-corrected chi connectivity index (χ1v) is 13.1. The molecule has 4 aromatic rings. The number of imidazole rings is 1. The maximum Gasteiger partial charge on any atom is 0.328 e. The molecule has 0 aliphatic carbocycles. The van der Waals surface area contributed by atoms with Crippen molar-refractivity contribution in [3.05, 3.63) is 81.9 Å². The molecule has 0 bridgehead atoms. The fourth-order valence-corrected chi connectivity index (χ4v) is 4.98. The lowest BCUT2D eigenvalue weighted by molar-refractivity contribution is 0.0946. The lowest BCUT2D eigenvalue weighted by Gasteiger charge is -2.26. The fraction of sp³-hybridized carbons (Fsp3) is 0.379. The van der Waals surface area contributed by atoms with Gasteiger partial charge in [0.1, 0.15) is 5.52 Å². The molecule has 1 amide bonds. The molecule has 1 saturated heterocycles. The van der Waals surface area contributed by atoms with E-state index in [0.717, 1.165) is 36.3 Å². The predicted molar refractivity (Wildman–Crippen MR) is 146 cm³/mol. The number of carbonyl (C=O) groups is 1. The molecule has 1 aliphatic heterocycles. The second-order valence-electron chi connectivity index (χ2n) is 10.0. The Morgan fingerprint density at radius 2 is 1.81 bits per heavy atom. The lowest BCUT2D eigenvalue weighted by Crippen LogP contribution is -2.37. The van der Waals surface area contributed by atoms with Crippen molar-refractivity contribution >= 4 is 17.1 Å². The number of nitrogens with one attached hydrogen (secondary N) is 2. The minimum Gasteiger partial charge on any atom is -0.351 e. The number of hydrogen-bond acceptors (Lipinski definition) is 5. The van der Waals surface area contributed by atoms with Gasteiger partial charge < -0.3 is 15.2 Å². The van der Waals surface area contributed by atoms with Gasteiger partial charge in [-0.05, 0) is 55.1 Å². The van der Waals surface area contributed by atoms with Gasteiger partial charge in [-0.15, -0.1) is 0 Å². The molecule has 2 aromatic carbocycles. The van der Waals surface area contributed by atoms with Gasteiger partial charge in [-0.25, -0.2) is 14.8 Å². The summed E-state index contributed by atoms with van der Waals surface area (Å²) >= 11 is 0. The van der Waals surface area contributed by atoms with Crippen LogP contribution in [0.15, 0.2) is 59.5 Å². The maximum atomic E-state index is 12.8. The highest BCUT2D eigenvalue weighted by molar-refractivity contribution is 5.94. The number of H-pyrrole nitrogens is 1. The minimum atomic E-state index is -0.238. The van der Waals surface area contributed by atoms with E-state index >= 15 is 0 Å². The summed E-state index contributed by atoms with van der Waals surface area (Å²) in [6.45, 7) is 8.40.